The van der Waals surface area contributed by atoms with Crippen molar-refractivity contribution >= 4 is 51.6 Å². The zero-order chi connectivity index (χ0) is 22.1. The minimum atomic E-state index is -4.68. The number of amides is 1. The number of nitrogens with one attached hydrogen (secondary N) is 1. The first-order valence-electron chi connectivity index (χ1n) is 8.60. The molecular formula is C17H16Cl2F3N5O2S. The molecule has 162 valence electrons. The van der Waals surface area contributed by atoms with Gasteiger partial charge in [-0.3, -0.25) is 4.79 Å². The van der Waals surface area contributed by atoms with E-state index in [4.69, 9.17) is 28.3 Å². The molecule has 1 saturated heterocycles. The van der Waals surface area contributed by atoms with E-state index in [0.717, 1.165) is 6.07 Å². The fourth-order valence-electron chi connectivity index (χ4n) is 2.87. The van der Waals surface area contributed by atoms with E-state index >= 15 is 0 Å². The molecule has 13 heteroatoms. The van der Waals surface area contributed by atoms with Gasteiger partial charge in [0.2, 0.25) is 0 Å². The largest absolute Gasteiger partial charge is 0.417 e. The van der Waals surface area contributed by atoms with Gasteiger partial charge in [0.15, 0.2) is 0 Å². The topological polar surface area (TPSA) is 101 Å². The number of rotatable bonds is 4. The number of aromatic nitrogens is 2. The van der Waals surface area contributed by atoms with Gasteiger partial charge in [0.25, 0.3) is 5.91 Å². The molecular weight excluding hydrogens is 466 g/mol. The fourth-order valence-corrected chi connectivity index (χ4v) is 3.62. The van der Waals surface area contributed by atoms with Gasteiger partial charge in [0.05, 0.1) is 11.1 Å². The molecule has 7 nitrogen and oxygen atoms in total. The van der Waals surface area contributed by atoms with Crippen molar-refractivity contribution in [3.05, 3.63) is 41.7 Å². The summed E-state index contributed by atoms with van der Waals surface area (Å²) in [4.78, 5) is 22.2. The van der Waals surface area contributed by atoms with Gasteiger partial charge in [0, 0.05) is 31.2 Å². The second kappa shape index (κ2) is 8.66. The van der Waals surface area contributed by atoms with E-state index in [1.54, 1.807) is 4.90 Å². The van der Waals surface area contributed by atoms with Crippen LogP contribution < -0.4 is 15.4 Å². The highest BCUT2D eigenvalue weighted by molar-refractivity contribution is 7.82. The van der Waals surface area contributed by atoms with Gasteiger partial charge in [-0.1, -0.05) is 0 Å². The number of hydrogen-bond acceptors (Lipinski definition) is 5. The molecule has 0 saturated carbocycles. The zero-order valence-corrected chi connectivity index (χ0v) is 17.6. The molecule has 0 radical (unpaired) electrons. The van der Waals surface area contributed by atoms with Crippen LogP contribution in [0, 0.1) is 0 Å². The smallest absolute Gasteiger partial charge is 0.356 e. The zero-order valence-electron chi connectivity index (χ0n) is 15.2. The molecule has 0 aliphatic carbocycles. The van der Waals surface area contributed by atoms with E-state index in [0.29, 0.717) is 32.1 Å². The SMILES string of the molecule is NS(=O)c1cc(NC(=O)c2cc(C(F)(F)F)cnc2N2CCC(Cl)(Cl)CC2)ccn1. The quantitative estimate of drug-likeness (QED) is 0.650. The van der Waals surface area contributed by atoms with Gasteiger partial charge in [0.1, 0.15) is 26.2 Å². The van der Waals surface area contributed by atoms with Crippen molar-refractivity contribution in [2.24, 2.45) is 5.14 Å². The number of nitrogens with zero attached hydrogens (tertiary/aromatic N) is 3. The van der Waals surface area contributed by atoms with E-state index in [9.17, 15) is 22.2 Å². The Morgan fingerprint density at radius 1 is 1.23 bits per heavy atom. The Labute approximate surface area is 182 Å². The van der Waals surface area contributed by atoms with Gasteiger partial charge in [-0.25, -0.2) is 19.3 Å². The average molecular weight is 482 g/mol. The van der Waals surface area contributed by atoms with Gasteiger partial charge < -0.3 is 10.2 Å². The van der Waals surface area contributed by atoms with Gasteiger partial charge >= 0.3 is 6.18 Å². The Bertz CT molecular complexity index is 980. The Morgan fingerprint density at radius 2 is 1.90 bits per heavy atom. The van der Waals surface area contributed by atoms with Crippen LogP contribution in [-0.4, -0.2) is 37.5 Å². The van der Waals surface area contributed by atoms with E-state index in [-0.39, 0.29) is 22.1 Å². The number of halogens is 5. The first-order valence-corrected chi connectivity index (χ1v) is 10.6. The highest BCUT2D eigenvalue weighted by atomic mass is 35.5. The molecule has 1 amide bonds. The van der Waals surface area contributed by atoms with Crippen LogP contribution in [0.25, 0.3) is 0 Å². The summed E-state index contributed by atoms with van der Waals surface area (Å²) >= 11 is 12.2. The third kappa shape index (κ3) is 5.39. The van der Waals surface area contributed by atoms with Gasteiger partial charge in [-0.15, -0.1) is 23.2 Å². The molecule has 0 aromatic carbocycles. The molecule has 2 aromatic rings. The third-order valence-corrected chi connectivity index (χ3v) is 5.82. The molecule has 1 fully saturated rings. The second-order valence-electron chi connectivity index (χ2n) is 6.57. The lowest BCUT2D eigenvalue weighted by Crippen LogP contribution is -2.39. The number of hydrogen-bond donors (Lipinski definition) is 2. The van der Waals surface area contributed by atoms with Crippen LogP contribution in [0.4, 0.5) is 24.7 Å². The Balaban J connectivity index is 1.95. The monoisotopic (exact) mass is 481 g/mol. The molecule has 1 aliphatic heterocycles. The van der Waals surface area contributed by atoms with Crippen molar-refractivity contribution in [1.82, 2.24) is 9.97 Å². The van der Waals surface area contributed by atoms with Crippen LogP contribution >= 0.6 is 23.2 Å². The van der Waals surface area contributed by atoms with E-state index in [1.807, 2.05) is 0 Å². The Kier molecular flexibility index (Phi) is 6.56. The fraction of sp³-hybridized carbons (Fsp3) is 0.353. The van der Waals surface area contributed by atoms with Crippen molar-refractivity contribution in [1.29, 1.82) is 0 Å². The molecule has 30 heavy (non-hydrogen) atoms. The minimum absolute atomic E-state index is 0.00628. The summed E-state index contributed by atoms with van der Waals surface area (Å²) in [6, 6.07) is 3.40. The number of carbonyl (C=O) groups excluding carboxylic acids is 1. The lowest BCUT2D eigenvalue weighted by Gasteiger charge is -2.35. The number of nitrogens with two attached hydrogens (primary N) is 1. The number of piperidine rings is 1. The predicted octanol–water partition coefficient (Wildman–Crippen LogP) is 3.50. The third-order valence-electron chi connectivity index (χ3n) is 4.43. The second-order valence-corrected chi connectivity index (χ2v) is 9.22. The number of alkyl halides is 5. The summed E-state index contributed by atoms with van der Waals surface area (Å²) in [6.07, 6.45) is -2.01. The maximum Gasteiger partial charge on any atom is 0.417 e. The Hall–Kier alpha value is -1.95. The normalized spacial score (nSPS) is 17.5. The maximum absolute atomic E-state index is 13.2. The number of carbonyl (C=O) groups is 1. The van der Waals surface area contributed by atoms with Crippen LogP contribution in [0.15, 0.2) is 35.6 Å². The molecule has 3 heterocycles. The Morgan fingerprint density at radius 3 is 2.50 bits per heavy atom. The summed E-state index contributed by atoms with van der Waals surface area (Å²) in [6.45, 7) is 0.633. The summed E-state index contributed by atoms with van der Waals surface area (Å²) in [7, 11) is -1.89. The standard InChI is InChI=1S/C17H16Cl2F3N5O2S/c18-16(19)2-5-27(6-3-16)14-12(7-10(9-25-14)17(20,21)22)15(28)26-11-1-4-24-13(8-11)30(23)29/h1,4,7-9H,2-3,5-6,23H2,(H,24,26,28). The minimum Gasteiger partial charge on any atom is -0.356 e. The molecule has 1 atom stereocenters. The summed E-state index contributed by atoms with van der Waals surface area (Å²) < 4.78 is 50.0. The first-order chi connectivity index (χ1) is 14.0. The molecule has 1 aliphatic rings. The molecule has 1 unspecified atom stereocenters. The highest BCUT2D eigenvalue weighted by Gasteiger charge is 2.35. The first kappa shape index (κ1) is 22.7. The van der Waals surface area contributed by atoms with Crippen LogP contribution in [0.2, 0.25) is 0 Å². The van der Waals surface area contributed by atoms with Crippen LogP contribution in [0.1, 0.15) is 28.8 Å². The highest BCUT2D eigenvalue weighted by Crippen LogP contribution is 2.37. The van der Waals surface area contributed by atoms with Crippen molar-refractivity contribution in [2.75, 3.05) is 23.3 Å². The molecule has 3 N–H and O–H groups in total. The van der Waals surface area contributed by atoms with E-state index < -0.39 is 33.0 Å². The van der Waals surface area contributed by atoms with Crippen molar-refractivity contribution in [3.8, 4) is 0 Å². The lowest BCUT2D eigenvalue weighted by atomic mass is 10.1. The van der Waals surface area contributed by atoms with E-state index in [2.05, 4.69) is 15.3 Å². The average Bonchev–Trinajstić information content (AvgIpc) is 2.67. The summed E-state index contributed by atoms with van der Waals surface area (Å²) in [5.74, 6) is -0.738. The molecule has 3 rings (SSSR count). The van der Waals surface area contributed by atoms with Crippen LogP contribution in [0.5, 0.6) is 0 Å². The van der Waals surface area contributed by atoms with E-state index in [1.165, 1.54) is 18.3 Å². The van der Waals surface area contributed by atoms with Crippen LogP contribution in [0.3, 0.4) is 0 Å². The maximum atomic E-state index is 13.2. The molecule has 2 aromatic heterocycles. The summed E-state index contributed by atoms with van der Waals surface area (Å²) in [5, 5.41) is 7.75. The van der Waals surface area contributed by atoms with Crippen molar-refractivity contribution < 1.29 is 22.2 Å². The van der Waals surface area contributed by atoms with Crippen molar-refractivity contribution in [3.63, 3.8) is 0 Å². The molecule has 0 spiro atoms. The lowest BCUT2D eigenvalue weighted by molar-refractivity contribution is -0.137. The van der Waals surface area contributed by atoms with Gasteiger partial charge in [-0.05, 0) is 31.0 Å². The number of anilines is 2. The van der Waals surface area contributed by atoms with Gasteiger partial charge in [-0.2, -0.15) is 13.2 Å². The number of pyridine rings is 2. The summed E-state index contributed by atoms with van der Waals surface area (Å²) in [5.41, 5.74) is -1.16. The van der Waals surface area contributed by atoms with Crippen LogP contribution in [-0.2, 0) is 17.2 Å². The predicted molar refractivity (Wildman–Crippen MR) is 108 cm³/mol. The molecule has 0 bridgehead atoms. The van der Waals surface area contributed by atoms with Crippen molar-refractivity contribution in [2.45, 2.75) is 28.4 Å².